The molecule has 0 fully saturated rings. The third-order valence-corrected chi connectivity index (χ3v) is 4.67. The number of nitrogens with one attached hydrogen (secondary N) is 1. The van der Waals surface area contributed by atoms with E-state index in [0.717, 1.165) is 33.5 Å². The van der Waals surface area contributed by atoms with Crippen LogP contribution in [0.5, 0.6) is 5.75 Å². The molecular weight excluding hydrogens is 362 g/mol. The predicted octanol–water partition coefficient (Wildman–Crippen LogP) is 3.96. The lowest BCUT2D eigenvalue weighted by atomic mass is 10.2. The summed E-state index contributed by atoms with van der Waals surface area (Å²) in [6.45, 7) is 6.40. The highest BCUT2D eigenvalue weighted by atomic mass is 32.1. The quantitative estimate of drug-likeness (QED) is 0.625. The van der Waals surface area contributed by atoms with Crippen molar-refractivity contribution in [2.45, 2.75) is 33.9 Å². The van der Waals surface area contributed by atoms with E-state index < -0.39 is 0 Å². The van der Waals surface area contributed by atoms with Crippen LogP contribution in [0.1, 0.15) is 33.6 Å². The van der Waals surface area contributed by atoms with Crippen molar-refractivity contribution < 1.29 is 13.9 Å². The molecule has 2 heterocycles. The van der Waals surface area contributed by atoms with Gasteiger partial charge in [0, 0.05) is 11.5 Å². The fourth-order valence-corrected chi connectivity index (χ4v) is 2.91. The van der Waals surface area contributed by atoms with E-state index >= 15 is 0 Å². The van der Waals surface area contributed by atoms with E-state index in [0.29, 0.717) is 12.5 Å². The molecule has 140 valence electrons. The monoisotopic (exact) mass is 383 g/mol. The van der Waals surface area contributed by atoms with Crippen LogP contribution in [-0.4, -0.2) is 15.9 Å². The molecular formula is C20H21N3O3S. The molecule has 7 heteroatoms. The Kier molecular flexibility index (Phi) is 6.03. The molecule has 0 spiro atoms. The van der Waals surface area contributed by atoms with E-state index in [1.165, 1.54) is 6.08 Å². The number of carbonyl (C=O) groups is 1. The Labute approximate surface area is 161 Å². The minimum atomic E-state index is -0.206. The zero-order valence-corrected chi connectivity index (χ0v) is 16.3. The lowest BCUT2D eigenvalue weighted by Gasteiger charge is -2.04. The van der Waals surface area contributed by atoms with Gasteiger partial charge in [-0.1, -0.05) is 12.1 Å². The highest BCUT2D eigenvalue weighted by Crippen LogP contribution is 2.16. The van der Waals surface area contributed by atoms with Gasteiger partial charge in [0.25, 0.3) is 0 Å². The first-order valence-electron chi connectivity index (χ1n) is 8.52. The summed E-state index contributed by atoms with van der Waals surface area (Å²) in [5.41, 5.74) is 2.67. The Hall–Kier alpha value is -2.93. The summed E-state index contributed by atoms with van der Waals surface area (Å²) < 4.78 is 11.1. The van der Waals surface area contributed by atoms with Crippen LogP contribution >= 0.6 is 11.3 Å². The van der Waals surface area contributed by atoms with Gasteiger partial charge >= 0.3 is 0 Å². The highest BCUT2D eigenvalue weighted by Gasteiger charge is 2.06. The highest BCUT2D eigenvalue weighted by molar-refractivity contribution is 7.09. The van der Waals surface area contributed by atoms with Gasteiger partial charge in [0.05, 0.1) is 22.9 Å². The third-order valence-electron chi connectivity index (χ3n) is 3.85. The molecule has 1 N–H and O–H groups in total. The summed E-state index contributed by atoms with van der Waals surface area (Å²) in [5, 5.41) is 5.77. The zero-order chi connectivity index (χ0) is 19.2. The van der Waals surface area contributed by atoms with Gasteiger partial charge in [0.2, 0.25) is 11.8 Å². The van der Waals surface area contributed by atoms with E-state index in [9.17, 15) is 4.79 Å². The molecule has 0 atom stereocenters. The van der Waals surface area contributed by atoms with Crippen LogP contribution in [0.4, 0.5) is 0 Å². The van der Waals surface area contributed by atoms with Crippen molar-refractivity contribution >= 4 is 23.3 Å². The van der Waals surface area contributed by atoms with Gasteiger partial charge in [0.15, 0.2) is 0 Å². The Balaban J connectivity index is 1.47. The number of ether oxygens (including phenoxy) is 1. The Morgan fingerprint density at radius 1 is 1.22 bits per heavy atom. The number of nitrogens with zero attached hydrogens (tertiary/aromatic N) is 2. The molecule has 0 saturated carbocycles. The maximum Gasteiger partial charge on any atom is 0.244 e. The summed E-state index contributed by atoms with van der Waals surface area (Å²) >= 11 is 1.61. The number of hydrogen-bond acceptors (Lipinski definition) is 6. The zero-order valence-electron chi connectivity index (χ0n) is 15.5. The maximum atomic E-state index is 11.9. The van der Waals surface area contributed by atoms with Gasteiger partial charge in [-0.05, 0) is 44.5 Å². The Morgan fingerprint density at radius 2 is 2.00 bits per heavy atom. The van der Waals surface area contributed by atoms with Crippen LogP contribution in [-0.2, 0) is 17.9 Å². The standard InChI is InChI=1S/C20H21N3O3S/c1-13-14(2)26-20(22-13)10-21-19(24)9-6-16-4-7-18(8-5-16)25-11-17-12-27-15(3)23-17/h4-9,12H,10-11H2,1-3H3,(H,21,24). The van der Waals surface area contributed by atoms with Crippen molar-refractivity contribution in [1.82, 2.24) is 15.3 Å². The minimum absolute atomic E-state index is 0.206. The number of aromatic nitrogens is 2. The number of oxazole rings is 1. The van der Waals surface area contributed by atoms with Crippen LogP contribution in [0.15, 0.2) is 40.1 Å². The summed E-state index contributed by atoms with van der Waals surface area (Å²) in [6, 6.07) is 7.53. The second-order valence-corrected chi connectivity index (χ2v) is 7.08. The van der Waals surface area contributed by atoms with Crippen LogP contribution in [0.2, 0.25) is 0 Å². The first kappa shape index (κ1) is 18.8. The number of amides is 1. The fraction of sp³-hybridized carbons (Fsp3) is 0.250. The SMILES string of the molecule is Cc1nc(COc2ccc(C=CC(=O)NCc3nc(C)c(C)o3)cc2)cs1. The molecule has 3 aromatic rings. The van der Waals surface area contributed by atoms with Crippen molar-refractivity contribution in [2.24, 2.45) is 0 Å². The van der Waals surface area contributed by atoms with Gasteiger partial charge in [-0.25, -0.2) is 9.97 Å². The van der Waals surface area contributed by atoms with Crippen molar-refractivity contribution in [3.63, 3.8) is 0 Å². The number of rotatable bonds is 7. The molecule has 0 unspecified atom stereocenters. The number of thiazole rings is 1. The second-order valence-electron chi connectivity index (χ2n) is 6.02. The van der Waals surface area contributed by atoms with Gasteiger partial charge in [0.1, 0.15) is 18.1 Å². The molecule has 0 bridgehead atoms. The molecule has 0 aliphatic carbocycles. The van der Waals surface area contributed by atoms with E-state index in [-0.39, 0.29) is 12.5 Å². The summed E-state index contributed by atoms with van der Waals surface area (Å²) in [4.78, 5) is 20.5. The van der Waals surface area contributed by atoms with Gasteiger partial charge in [-0.2, -0.15) is 0 Å². The van der Waals surface area contributed by atoms with Crippen molar-refractivity contribution in [1.29, 1.82) is 0 Å². The van der Waals surface area contributed by atoms with Crippen LogP contribution in [0.25, 0.3) is 6.08 Å². The van der Waals surface area contributed by atoms with Crippen LogP contribution in [0.3, 0.4) is 0 Å². The topological polar surface area (TPSA) is 77.2 Å². The predicted molar refractivity (Wildman–Crippen MR) is 104 cm³/mol. The van der Waals surface area contributed by atoms with Crippen LogP contribution in [0, 0.1) is 20.8 Å². The largest absolute Gasteiger partial charge is 0.487 e. The fourth-order valence-electron chi connectivity index (χ4n) is 2.32. The Bertz CT molecular complexity index is 922. The molecule has 0 radical (unpaired) electrons. The second kappa shape index (κ2) is 8.64. The first-order valence-corrected chi connectivity index (χ1v) is 9.40. The number of benzene rings is 1. The van der Waals surface area contributed by atoms with Gasteiger partial charge in [-0.3, -0.25) is 4.79 Å². The lowest BCUT2D eigenvalue weighted by Crippen LogP contribution is -2.20. The van der Waals surface area contributed by atoms with Gasteiger partial charge in [-0.15, -0.1) is 11.3 Å². The van der Waals surface area contributed by atoms with E-state index in [4.69, 9.17) is 9.15 Å². The van der Waals surface area contributed by atoms with Crippen molar-refractivity contribution in [2.75, 3.05) is 0 Å². The molecule has 1 aromatic carbocycles. The van der Waals surface area contributed by atoms with Crippen LogP contribution < -0.4 is 10.1 Å². The number of hydrogen-bond donors (Lipinski definition) is 1. The average Bonchev–Trinajstić information content (AvgIpc) is 3.22. The maximum absolute atomic E-state index is 11.9. The molecule has 0 saturated heterocycles. The molecule has 0 aliphatic heterocycles. The third kappa shape index (κ3) is 5.52. The molecule has 6 nitrogen and oxygen atoms in total. The molecule has 1 amide bonds. The van der Waals surface area contributed by atoms with E-state index in [1.54, 1.807) is 17.4 Å². The normalized spacial score (nSPS) is 11.1. The minimum Gasteiger partial charge on any atom is -0.487 e. The summed E-state index contributed by atoms with van der Waals surface area (Å²) in [6.07, 6.45) is 3.23. The molecule has 3 rings (SSSR count). The average molecular weight is 383 g/mol. The molecule has 0 aliphatic rings. The number of aryl methyl sites for hydroxylation is 3. The first-order chi connectivity index (χ1) is 13.0. The summed E-state index contributed by atoms with van der Waals surface area (Å²) in [7, 11) is 0. The Morgan fingerprint density at radius 3 is 2.63 bits per heavy atom. The van der Waals surface area contributed by atoms with Gasteiger partial charge < -0.3 is 14.5 Å². The van der Waals surface area contributed by atoms with E-state index in [1.807, 2.05) is 50.4 Å². The molecule has 27 heavy (non-hydrogen) atoms. The smallest absolute Gasteiger partial charge is 0.244 e. The van der Waals surface area contributed by atoms with Crippen molar-refractivity contribution in [3.8, 4) is 5.75 Å². The molecule has 2 aromatic heterocycles. The van der Waals surface area contributed by atoms with E-state index in [2.05, 4.69) is 15.3 Å². The van der Waals surface area contributed by atoms with Crippen molar-refractivity contribution in [3.05, 3.63) is 69.3 Å². The summed E-state index contributed by atoms with van der Waals surface area (Å²) in [5.74, 6) is 1.82. The number of carbonyl (C=O) groups excluding carboxylic acids is 1. The lowest BCUT2D eigenvalue weighted by molar-refractivity contribution is -0.116.